The Labute approximate surface area is 169 Å². The van der Waals surface area contributed by atoms with Gasteiger partial charge < -0.3 is 9.64 Å². The molecule has 0 N–H and O–H groups in total. The van der Waals surface area contributed by atoms with Gasteiger partial charge >= 0.3 is 0 Å². The van der Waals surface area contributed by atoms with Crippen molar-refractivity contribution < 1.29 is 9.53 Å². The van der Waals surface area contributed by atoms with Crippen LogP contribution in [0.3, 0.4) is 0 Å². The van der Waals surface area contributed by atoms with Crippen molar-refractivity contribution in [2.45, 2.75) is 19.3 Å². The van der Waals surface area contributed by atoms with Crippen molar-refractivity contribution in [1.29, 1.82) is 5.26 Å². The highest BCUT2D eigenvalue weighted by molar-refractivity contribution is 8.03. The van der Waals surface area contributed by atoms with E-state index in [-0.39, 0.29) is 11.8 Å². The normalized spacial score (nSPS) is 19.3. The van der Waals surface area contributed by atoms with E-state index in [1.54, 1.807) is 12.0 Å². The van der Waals surface area contributed by atoms with Crippen LogP contribution in [-0.4, -0.2) is 30.5 Å². The number of carbonyl (C=O) groups is 1. The third-order valence-corrected chi connectivity index (χ3v) is 6.35. The Bertz CT molecular complexity index is 978. The molecule has 0 bridgehead atoms. The van der Waals surface area contributed by atoms with E-state index in [1.165, 1.54) is 11.8 Å². The van der Waals surface area contributed by atoms with E-state index in [2.05, 4.69) is 11.0 Å². The largest absolute Gasteiger partial charge is 0.495 e. The van der Waals surface area contributed by atoms with E-state index in [4.69, 9.17) is 4.74 Å². The standard InChI is InChI=1S/C22H21N3O2S/c1-15-7-9-16(10-8-15)17-11-21(26)25-13-24(14-28-22(25)18(17)12-23)19-5-3-4-6-20(19)27-2/h3-10,17H,11,13-14H2,1-2H3/t17-/m0/s1. The molecule has 1 saturated heterocycles. The van der Waals surface area contributed by atoms with Crippen LogP contribution < -0.4 is 9.64 Å². The van der Waals surface area contributed by atoms with Gasteiger partial charge in [0.2, 0.25) is 5.91 Å². The first-order valence-electron chi connectivity index (χ1n) is 9.14. The van der Waals surface area contributed by atoms with Crippen molar-refractivity contribution in [3.05, 3.63) is 70.3 Å². The molecule has 0 spiro atoms. The van der Waals surface area contributed by atoms with Gasteiger partial charge in [0.15, 0.2) is 0 Å². The number of rotatable bonds is 3. The number of ether oxygens (including phenoxy) is 1. The molecule has 2 aromatic rings. The molecule has 5 nitrogen and oxygen atoms in total. The summed E-state index contributed by atoms with van der Waals surface area (Å²) in [7, 11) is 1.65. The Morgan fingerprint density at radius 3 is 2.64 bits per heavy atom. The van der Waals surface area contributed by atoms with E-state index < -0.39 is 0 Å². The number of hydrogen-bond donors (Lipinski definition) is 0. The molecule has 1 fully saturated rings. The third-order valence-electron chi connectivity index (χ3n) is 5.20. The molecule has 2 heterocycles. The SMILES string of the molecule is COc1ccccc1N1CSC2=C(C#N)[C@H](c3ccc(C)cc3)CC(=O)N2C1. The lowest BCUT2D eigenvalue weighted by Crippen LogP contribution is -2.47. The molecule has 0 aromatic heterocycles. The second-order valence-corrected chi connectivity index (χ2v) is 7.88. The predicted molar refractivity (Wildman–Crippen MR) is 111 cm³/mol. The van der Waals surface area contributed by atoms with Crippen LogP contribution in [0.4, 0.5) is 5.69 Å². The molecule has 0 aliphatic carbocycles. The van der Waals surface area contributed by atoms with Crippen molar-refractivity contribution in [3.63, 3.8) is 0 Å². The van der Waals surface area contributed by atoms with E-state index in [1.807, 2.05) is 55.5 Å². The van der Waals surface area contributed by atoms with Gasteiger partial charge in [-0.3, -0.25) is 9.69 Å². The molecular formula is C22H21N3O2S. The van der Waals surface area contributed by atoms with Gasteiger partial charge in [-0.25, -0.2) is 0 Å². The topological polar surface area (TPSA) is 56.6 Å². The number of carbonyl (C=O) groups excluding carboxylic acids is 1. The summed E-state index contributed by atoms with van der Waals surface area (Å²) in [6, 6.07) is 18.3. The Morgan fingerprint density at radius 1 is 1.18 bits per heavy atom. The monoisotopic (exact) mass is 391 g/mol. The minimum Gasteiger partial charge on any atom is -0.495 e. The van der Waals surface area contributed by atoms with E-state index in [0.717, 1.165) is 27.6 Å². The summed E-state index contributed by atoms with van der Waals surface area (Å²) < 4.78 is 5.47. The van der Waals surface area contributed by atoms with Crippen LogP contribution in [0.2, 0.25) is 0 Å². The second kappa shape index (κ2) is 7.61. The molecular weight excluding hydrogens is 370 g/mol. The Hall–Kier alpha value is -2.91. The number of nitrogens with zero attached hydrogens (tertiary/aromatic N) is 3. The molecule has 2 aliphatic heterocycles. The van der Waals surface area contributed by atoms with Crippen LogP contribution in [-0.2, 0) is 4.79 Å². The number of nitriles is 1. The van der Waals surface area contributed by atoms with Gasteiger partial charge in [0, 0.05) is 12.3 Å². The molecule has 4 rings (SSSR count). The van der Waals surface area contributed by atoms with Crippen molar-refractivity contribution >= 4 is 23.4 Å². The molecule has 1 atom stereocenters. The van der Waals surface area contributed by atoms with Gasteiger partial charge in [-0.2, -0.15) is 5.26 Å². The zero-order valence-electron chi connectivity index (χ0n) is 15.9. The minimum atomic E-state index is -0.172. The van der Waals surface area contributed by atoms with Crippen molar-refractivity contribution in [3.8, 4) is 11.8 Å². The molecule has 0 saturated carbocycles. The quantitative estimate of drug-likeness (QED) is 0.784. The summed E-state index contributed by atoms with van der Waals surface area (Å²) in [5.41, 5.74) is 3.82. The summed E-state index contributed by atoms with van der Waals surface area (Å²) in [4.78, 5) is 16.8. The van der Waals surface area contributed by atoms with Crippen molar-refractivity contribution in [2.75, 3.05) is 24.6 Å². The highest BCUT2D eigenvalue weighted by atomic mass is 32.2. The highest BCUT2D eigenvalue weighted by Gasteiger charge is 2.38. The molecule has 28 heavy (non-hydrogen) atoms. The third kappa shape index (κ3) is 3.23. The number of para-hydroxylation sites is 2. The van der Waals surface area contributed by atoms with Crippen LogP contribution >= 0.6 is 11.8 Å². The number of aryl methyl sites for hydroxylation is 1. The number of fused-ring (bicyclic) bond motifs is 1. The Balaban J connectivity index is 1.67. The maximum atomic E-state index is 13.0. The lowest BCUT2D eigenvalue weighted by Gasteiger charge is -2.42. The van der Waals surface area contributed by atoms with Crippen molar-refractivity contribution in [1.82, 2.24) is 4.90 Å². The summed E-state index contributed by atoms with van der Waals surface area (Å²) in [6.45, 7) is 2.46. The lowest BCUT2D eigenvalue weighted by atomic mass is 9.86. The summed E-state index contributed by atoms with van der Waals surface area (Å²) in [5, 5.41) is 10.7. The fraction of sp³-hybridized carbons (Fsp3) is 0.273. The molecule has 0 radical (unpaired) electrons. The summed E-state index contributed by atoms with van der Waals surface area (Å²) >= 11 is 1.54. The average Bonchev–Trinajstić information content (AvgIpc) is 2.74. The Kier molecular flexibility index (Phi) is 5.01. The first kappa shape index (κ1) is 18.5. The zero-order valence-corrected chi connectivity index (χ0v) is 16.7. The number of thioether (sulfide) groups is 1. The molecule has 0 unspecified atom stereocenters. The van der Waals surface area contributed by atoms with E-state index >= 15 is 0 Å². The maximum Gasteiger partial charge on any atom is 0.229 e. The number of allylic oxidation sites excluding steroid dienone is 1. The number of amides is 1. The summed E-state index contributed by atoms with van der Waals surface area (Å²) in [5.74, 6) is 1.31. The predicted octanol–water partition coefficient (Wildman–Crippen LogP) is 4.22. The molecule has 1 amide bonds. The molecule has 2 aliphatic rings. The van der Waals surface area contributed by atoms with Gasteiger partial charge in [-0.05, 0) is 24.6 Å². The minimum absolute atomic E-state index is 0.0478. The second-order valence-electron chi connectivity index (χ2n) is 6.95. The Morgan fingerprint density at radius 2 is 1.93 bits per heavy atom. The molecule has 6 heteroatoms. The van der Waals surface area contributed by atoms with Gasteiger partial charge in [0.05, 0.1) is 42.0 Å². The fourth-order valence-electron chi connectivity index (χ4n) is 3.69. The molecule has 2 aromatic carbocycles. The first-order valence-corrected chi connectivity index (χ1v) is 10.1. The zero-order chi connectivity index (χ0) is 19.7. The van der Waals surface area contributed by atoms with E-state index in [9.17, 15) is 10.1 Å². The number of methoxy groups -OCH3 is 1. The lowest BCUT2D eigenvalue weighted by molar-refractivity contribution is -0.129. The molecule has 142 valence electrons. The first-order chi connectivity index (χ1) is 13.6. The average molecular weight is 391 g/mol. The maximum absolute atomic E-state index is 13.0. The van der Waals surface area contributed by atoms with Gasteiger partial charge in [-0.1, -0.05) is 53.7 Å². The summed E-state index contributed by atoms with van der Waals surface area (Å²) in [6.07, 6.45) is 0.315. The van der Waals surface area contributed by atoms with Crippen molar-refractivity contribution in [2.24, 2.45) is 0 Å². The number of benzene rings is 2. The van der Waals surface area contributed by atoms with Crippen LogP contribution in [0.25, 0.3) is 0 Å². The van der Waals surface area contributed by atoms with Crippen LogP contribution in [0.5, 0.6) is 5.75 Å². The fourth-order valence-corrected chi connectivity index (χ4v) is 4.85. The van der Waals surface area contributed by atoms with Crippen LogP contribution in [0.1, 0.15) is 23.5 Å². The number of anilines is 1. The van der Waals surface area contributed by atoms with Crippen LogP contribution in [0, 0.1) is 18.3 Å². The van der Waals surface area contributed by atoms with E-state index in [0.29, 0.717) is 24.5 Å². The smallest absolute Gasteiger partial charge is 0.229 e. The van der Waals surface area contributed by atoms with Gasteiger partial charge in [-0.15, -0.1) is 0 Å². The van der Waals surface area contributed by atoms with Gasteiger partial charge in [0.1, 0.15) is 5.75 Å². The van der Waals surface area contributed by atoms with Gasteiger partial charge in [0.25, 0.3) is 0 Å². The number of hydrogen-bond acceptors (Lipinski definition) is 5. The van der Waals surface area contributed by atoms with Crippen LogP contribution in [0.15, 0.2) is 59.1 Å². The highest BCUT2D eigenvalue weighted by Crippen LogP contribution is 2.44.